The van der Waals surface area contributed by atoms with E-state index >= 15 is 0 Å². The standard InChI is InChI=1S/C17H16N2O4/c1-11(20)19-14-5-3-2-4-13(14)17(21)18-9-12-6-7-15-16(8-12)23-10-22-15/h2-8H,9-10H2,1H3,(H,18,21)(H,19,20). The van der Waals surface area contributed by atoms with E-state index in [0.29, 0.717) is 29.3 Å². The number of ether oxygens (including phenoxy) is 2. The van der Waals surface area contributed by atoms with E-state index in [1.54, 1.807) is 24.3 Å². The number of carbonyl (C=O) groups is 2. The summed E-state index contributed by atoms with van der Waals surface area (Å²) in [6.07, 6.45) is 0. The first kappa shape index (κ1) is 14.9. The zero-order valence-corrected chi connectivity index (χ0v) is 12.6. The molecule has 0 bridgehead atoms. The van der Waals surface area contributed by atoms with Gasteiger partial charge >= 0.3 is 0 Å². The Balaban J connectivity index is 1.69. The fourth-order valence-electron chi connectivity index (χ4n) is 2.31. The SMILES string of the molecule is CC(=O)Nc1ccccc1C(=O)NCc1ccc2c(c1)OCO2. The summed E-state index contributed by atoms with van der Waals surface area (Å²) in [7, 11) is 0. The molecule has 0 radical (unpaired) electrons. The fourth-order valence-corrected chi connectivity index (χ4v) is 2.31. The van der Waals surface area contributed by atoms with E-state index in [4.69, 9.17) is 9.47 Å². The van der Waals surface area contributed by atoms with E-state index < -0.39 is 0 Å². The van der Waals surface area contributed by atoms with Crippen LogP contribution in [-0.4, -0.2) is 18.6 Å². The van der Waals surface area contributed by atoms with Gasteiger partial charge in [-0.25, -0.2) is 0 Å². The lowest BCUT2D eigenvalue weighted by molar-refractivity contribution is -0.114. The molecule has 0 aliphatic carbocycles. The van der Waals surface area contributed by atoms with Crippen molar-refractivity contribution in [1.82, 2.24) is 5.32 Å². The molecule has 0 unspecified atom stereocenters. The number of amides is 2. The van der Waals surface area contributed by atoms with Crippen LogP contribution in [0.5, 0.6) is 11.5 Å². The van der Waals surface area contributed by atoms with Crippen molar-refractivity contribution < 1.29 is 19.1 Å². The molecule has 0 saturated heterocycles. The molecule has 2 amide bonds. The number of rotatable bonds is 4. The van der Waals surface area contributed by atoms with Crippen molar-refractivity contribution in [2.24, 2.45) is 0 Å². The molecule has 1 aliphatic rings. The Morgan fingerprint density at radius 3 is 2.70 bits per heavy atom. The number of hydrogen-bond donors (Lipinski definition) is 2. The summed E-state index contributed by atoms with van der Waals surface area (Å²) < 4.78 is 10.6. The Labute approximate surface area is 133 Å². The molecule has 0 atom stereocenters. The number of hydrogen-bond acceptors (Lipinski definition) is 4. The molecule has 2 aromatic rings. The summed E-state index contributed by atoms with van der Waals surface area (Å²) in [5, 5.41) is 5.48. The van der Waals surface area contributed by atoms with Crippen LogP contribution < -0.4 is 20.1 Å². The first-order chi connectivity index (χ1) is 11.1. The molecule has 23 heavy (non-hydrogen) atoms. The van der Waals surface area contributed by atoms with Crippen LogP contribution in [0.25, 0.3) is 0 Å². The van der Waals surface area contributed by atoms with Gasteiger partial charge in [0.15, 0.2) is 11.5 Å². The Morgan fingerprint density at radius 2 is 1.87 bits per heavy atom. The molecule has 0 spiro atoms. The highest BCUT2D eigenvalue weighted by Gasteiger charge is 2.15. The summed E-state index contributed by atoms with van der Waals surface area (Å²) in [4.78, 5) is 23.5. The lowest BCUT2D eigenvalue weighted by Crippen LogP contribution is -2.24. The molecule has 2 N–H and O–H groups in total. The average molecular weight is 312 g/mol. The van der Waals surface area contributed by atoms with Crippen LogP contribution in [0.3, 0.4) is 0 Å². The van der Waals surface area contributed by atoms with E-state index in [2.05, 4.69) is 10.6 Å². The highest BCUT2D eigenvalue weighted by Crippen LogP contribution is 2.32. The van der Waals surface area contributed by atoms with Crippen LogP contribution in [0.15, 0.2) is 42.5 Å². The zero-order valence-electron chi connectivity index (χ0n) is 12.6. The third-order valence-electron chi connectivity index (χ3n) is 3.37. The minimum atomic E-state index is -0.257. The third kappa shape index (κ3) is 3.42. The van der Waals surface area contributed by atoms with Gasteiger partial charge in [-0.2, -0.15) is 0 Å². The number of fused-ring (bicyclic) bond motifs is 1. The van der Waals surface area contributed by atoms with Crippen molar-refractivity contribution in [1.29, 1.82) is 0 Å². The van der Waals surface area contributed by atoms with Gasteiger partial charge in [-0.15, -0.1) is 0 Å². The van der Waals surface area contributed by atoms with Crippen LogP contribution in [0, 0.1) is 0 Å². The van der Waals surface area contributed by atoms with Gasteiger partial charge in [0.1, 0.15) is 0 Å². The second-order valence-electron chi connectivity index (χ2n) is 5.10. The van der Waals surface area contributed by atoms with Gasteiger partial charge in [0, 0.05) is 13.5 Å². The van der Waals surface area contributed by atoms with Crippen molar-refractivity contribution >= 4 is 17.5 Å². The number of para-hydroxylation sites is 1. The van der Waals surface area contributed by atoms with Gasteiger partial charge in [0.05, 0.1) is 11.3 Å². The quantitative estimate of drug-likeness (QED) is 0.908. The maximum Gasteiger partial charge on any atom is 0.253 e. The van der Waals surface area contributed by atoms with Crippen LogP contribution in [0.4, 0.5) is 5.69 Å². The zero-order chi connectivity index (χ0) is 16.2. The Kier molecular flexibility index (Phi) is 4.14. The molecule has 1 heterocycles. The number of nitrogens with one attached hydrogen (secondary N) is 2. The van der Waals surface area contributed by atoms with Crippen molar-refractivity contribution in [2.75, 3.05) is 12.1 Å². The summed E-state index contributed by atoms with van der Waals surface area (Å²) >= 11 is 0. The van der Waals surface area contributed by atoms with E-state index in [1.807, 2.05) is 18.2 Å². The van der Waals surface area contributed by atoms with E-state index in [0.717, 1.165) is 5.56 Å². The molecule has 2 aromatic carbocycles. The topological polar surface area (TPSA) is 76.7 Å². The van der Waals surface area contributed by atoms with Gasteiger partial charge in [0.25, 0.3) is 5.91 Å². The van der Waals surface area contributed by atoms with Crippen LogP contribution >= 0.6 is 0 Å². The summed E-state index contributed by atoms with van der Waals surface area (Å²) in [5.41, 5.74) is 1.81. The Hall–Kier alpha value is -3.02. The van der Waals surface area contributed by atoms with Gasteiger partial charge in [-0.3, -0.25) is 9.59 Å². The fraction of sp³-hybridized carbons (Fsp3) is 0.176. The lowest BCUT2D eigenvalue weighted by atomic mass is 10.1. The summed E-state index contributed by atoms with van der Waals surface area (Å²) in [6.45, 7) is 1.97. The Bertz CT molecular complexity index is 758. The normalized spacial score (nSPS) is 11.9. The summed E-state index contributed by atoms with van der Waals surface area (Å²) in [6, 6.07) is 12.4. The highest BCUT2D eigenvalue weighted by molar-refractivity contribution is 6.03. The van der Waals surface area contributed by atoms with Crippen molar-refractivity contribution in [3.63, 3.8) is 0 Å². The van der Waals surface area contributed by atoms with Crippen LogP contribution in [0.1, 0.15) is 22.8 Å². The monoisotopic (exact) mass is 312 g/mol. The van der Waals surface area contributed by atoms with E-state index in [1.165, 1.54) is 6.92 Å². The molecule has 3 rings (SSSR count). The number of benzene rings is 2. The predicted octanol–water partition coefficient (Wildman–Crippen LogP) is 2.30. The van der Waals surface area contributed by atoms with E-state index in [-0.39, 0.29) is 18.6 Å². The molecule has 0 fully saturated rings. The molecular weight excluding hydrogens is 296 g/mol. The molecule has 6 nitrogen and oxygen atoms in total. The van der Waals surface area contributed by atoms with Gasteiger partial charge in [-0.05, 0) is 29.8 Å². The maximum absolute atomic E-state index is 12.3. The van der Waals surface area contributed by atoms with Crippen molar-refractivity contribution in [3.8, 4) is 11.5 Å². The molecular formula is C17H16N2O4. The molecule has 118 valence electrons. The minimum Gasteiger partial charge on any atom is -0.454 e. The summed E-state index contributed by atoms with van der Waals surface area (Å²) in [5.74, 6) is 0.902. The number of anilines is 1. The largest absolute Gasteiger partial charge is 0.454 e. The highest BCUT2D eigenvalue weighted by atomic mass is 16.7. The molecule has 0 aromatic heterocycles. The average Bonchev–Trinajstić information content (AvgIpc) is 3.00. The second-order valence-corrected chi connectivity index (χ2v) is 5.10. The molecule has 6 heteroatoms. The van der Waals surface area contributed by atoms with Crippen molar-refractivity contribution in [3.05, 3.63) is 53.6 Å². The van der Waals surface area contributed by atoms with Crippen LogP contribution in [0.2, 0.25) is 0 Å². The maximum atomic E-state index is 12.3. The lowest BCUT2D eigenvalue weighted by Gasteiger charge is -2.10. The third-order valence-corrected chi connectivity index (χ3v) is 3.37. The smallest absolute Gasteiger partial charge is 0.253 e. The van der Waals surface area contributed by atoms with Gasteiger partial charge in [0.2, 0.25) is 12.7 Å². The van der Waals surface area contributed by atoms with Crippen molar-refractivity contribution in [2.45, 2.75) is 13.5 Å². The molecule has 1 aliphatic heterocycles. The second kappa shape index (κ2) is 6.39. The molecule has 0 saturated carbocycles. The Morgan fingerprint density at radius 1 is 1.09 bits per heavy atom. The first-order valence-corrected chi connectivity index (χ1v) is 7.17. The minimum absolute atomic E-state index is 0.217. The van der Waals surface area contributed by atoms with E-state index in [9.17, 15) is 9.59 Å². The van der Waals surface area contributed by atoms with Gasteiger partial charge < -0.3 is 20.1 Å². The van der Waals surface area contributed by atoms with Gasteiger partial charge in [-0.1, -0.05) is 18.2 Å². The first-order valence-electron chi connectivity index (χ1n) is 7.17. The predicted molar refractivity (Wildman–Crippen MR) is 84.5 cm³/mol. The number of carbonyl (C=O) groups excluding carboxylic acids is 2. The van der Waals surface area contributed by atoms with Crippen LogP contribution in [-0.2, 0) is 11.3 Å².